The Bertz CT molecular complexity index is 620. The summed E-state index contributed by atoms with van der Waals surface area (Å²) in [4.78, 5) is 4.57. The van der Waals surface area contributed by atoms with Crippen molar-refractivity contribution in [3.05, 3.63) is 18.2 Å². The number of hydrogen-bond donors (Lipinski definition) is 2. The summed E-state index contributed by atoms with van der Waals surface area (Å²) in [7, 11) is 0. The van der Waals surface area contributed by atoms with Gasteiger partial charge in [0, 0.05) is 38.3 Å². The van der Waals surface area contributed by atoms with Crippen molar-refractivity contribution in [2.24, 2.45) is 10.9 Å². The molecule has 0 spiro atoms. The van der Waals surface area contributed by atoms with Crippen LogP contribution in [0.5, 0.6) is 17.2 Å². The molecule has 2 aliphatic heterocycles. The zero-order valence-corrected chi connectivity index (χ0v) is 16.6. The first kappa shape index (κ1) is 20.5. The van der Waals surface area contributed by atoms with E-state index in [4.69, 9.17) is 23.7 Å². The molecule has 0 radical (unpaired) electrons. The van der Waals surface area contributed by atoms with Crippen molar-refractivity contribution in [1.29, 1.82) is 0 Å². The van der Waals surface area contributed by atoms with Gasteiger partial charge in [0.2, 0.25) is 6.79 Å². The fourth-order valence-electron chi connectivity index (χ4n) is 2.97. The van der Waals surface area contributed by atoms with E-state index in [1.165, 1.54) is 0 Å². The molecule has 0 saturated carbocycles. The van der Waals surface area contributed by atoms with Crippen molar-refractivity contribution in [3.8, 4) is 17.2 Å². The quantitative estimate of drug-likeness (QED) is 0.337. The first-order valence-corrected chi connectivity index (χ1v) is 10.0. The number of benzene rings is 1. The maximum Gasteiger partial charge on any atom is 0.231 e. The van der Waals surface area contributed by atoms with Crippen LogP contribution < -0.4 is 24.8 Å². The highest BCUT2D eigenvalue weighted by Crippen LogP contribution is 2.34. The molecule has 0 aliphatic carbocycles. The minimum Gasteiger partial charge on any atom is -0.492 e. The molecule has 1 atom stereocenters. The van der Waals surface area contributed by atoms with Crippen LogP contribution >= 0.6 is 0 Å². The van der Waals surface area contributed by atoms with Crippen LogP contribution in [0.25, 0.3) is 0 Å². The van der Waals surface area contributed by atoms with Gasteiger partial charge in [-0.05, 0) is 31.9 Å². The summed E-state index contributed by atoms with van der Waals surface area (Å²) in [5.41, 5.74) is 0. The second-order valence-electron chi connectivity index (χ2n) is 6.71. The summed E-state index contributed by atoms with van der Waals surface area (Å²) in [5, 5.41) is 6.52. The Kier molecular flexibility index (Phi) is 8.52. The normalized spacial score (nSPS) is 18.3. The minimum atomic E-state index is 0.267. The van der Waals surface area contributed by atoms with Gasteiger partial charge in [-0.15, -0.1) is 0 Å². The first-order valence-electron chi connectivity index (χ1n) is 10.0. The zero-order valence-electron chi connectivity index (χ0n) is 16.6. The molecule has 1 unspecified atom stereocenters. The SMILES string of the molecule is CCNC(=NCCCOCC1CCOC1)NCCOc1ccc2c(c1)OCO2. The molecule has 156 valence electrons. The number of rotatable bonds is 11. The summed E-state index contributed by atoms with van der Waals surface area (Å²) >= 11 is 0. The van der Waals surface area contributed by atoms with Crippen molar-refractivity contribution in [1.82, 2.24) is 10.6 Å². The van der Waals surface area contributed by atoms with E-state index >= 15 is 0 Å². The molecule has 8 nitrogen and oxygen atoms in total. The predicted molar refractivity (Wildman–Crippen MR) is 106 cm³/mol. The van der Waals surface area contributed by atoms with Crippen LogP contribution in [-0.4, -0.2) is 65.4 Å². The number of nitrogens with one attached hydrogen (secondary N) is 2. The third-order valence-electron chi connectivity index (χ3n) is 4.45. The van der Waals surface area contributed by atoms with Gasteiger partial charge in [0.25, 0.3) is 0 Å². The molecule has 2 heterocycles. The smallest absolute Gasteiger partial charge is 0.231 e. The summed E-state index contributed by atoms with van der Waals surface area (Å²) in [5.74, 6) is 3.60. The Labute approximate surface area is 166 Å². The Morgan fingerprint density at radius 2 is 2.14 bits per heavy atom. The van der Waals surface area contributed by atoms with Crippen molar-refractivity contribution in [2.45, 2.75) is 19.8 Å². The number of nitrogens with zero attached hydrogens (tertiary/aromatic N) is 1. The van der Waals surface area contributed by atoms with Gasteiger partial charge in [0.15, 0.2) is 17.5 Å². The van der Waals surface area contributed by atoms with E-state index in [2.05, 4.69) is 15.6 Å². The third kappa shape index (κ3) is 6.76. The summed E-state index contributed by atoms with van der Waals surface area (Å²) < 4.78 is 27.5. The van der Waals surface area contributed by atoms with Crippen LogP contribution in [0.3, 0.4) is 0 Å². The molecule has 8 heteroatoms. The number of fused-ring (bicyclic) bond motifs is 1. The van der Waals surface area contributed by atoms with E-state index in [9.17, 15) is 0 Å². The van der Waals surface area contributed by atoms with Gasteiger partial charge in [-0.1, -0.05) is 0 Å². The highest BCUT2D eigenvalue weighted by Gasteiger charge is 2.15. The van der Waals surface area contributed by atoms with Crippen LogP contribution in [0, 0.1) is 5.92 Å². The van der Waals surface area contributed by atoms with Crippen LogP contribution in [0.1, 0.15) is 19.8 Å². The molecule has 1 saturated heterocycles. The zero-order chi connectivity index (χ0) is 19.4. The molecule has 2 N–H and O–H groups in total. The maximum absolute atomic E-state index is 5.76. The molecular weight excluding hydrogens is 362 g/mol. The highest BCUT2D eigenvalue weighted by molar-refractivity contribution is 5.79. The fraction of sp³-hybridized carbons (Fsp3) is 0.650. The van der Waals surface area contributed by atoms with Gasteiger partial charge in [-0.25, -0.2) is 0 Å². The van der Waals surface area contributed by atoms with Crippen molar-refractivity contribution < 1.29 is 23.7 Å². The van der Waals surface area contributed by atoms with E-state index in [0.717, 1.165) is 75.6 Å². The maximum atomic E-state index is 5.76. The van der Waals surface area contributed by atoms with Gasteiger partial charge in [-0.2, -0.15) is 0 Å². The molecule has 1 aromatic rings. The molecule has 3 rings (SSSR count). The van der Waals surface area contributed by atoms with Gasteiger partial charge < -0.3 is 34.3 Å². The van der Waals surface area contributed by atoms with E-state index in [1.807, 2.05) is 25.1 Å². The highest BCUT2D eigenvalue weighted by atomic mass is 16.7. The molecule has 28 heavy (non-hydrogen) atoms. The lowest BCUT2D eigenvalue weighted by atomic mass is 10.1. The molecule has 1 fully saturated rings. The van der Waals surface area contributed by atoms with Gasteiger partial charge in [0.05, 0.1) is 19.8 Å². The van der Waals surface area contributed by atoms with Crippen molar-refractivity contribution in [3.63, 3.8) is 0 Å². The number of aliphatic imine (C=N–C) groups is 1. The number of guanidine groups is 1. The van der Waals surface area contributed by atoms with Crippen LogP contribution in [0.2, 0.25) is 0 Å². The largest absolute Gasteiger partial charge is 0.492 e. The predicted octanol–water partition coefficient (Wildman–Crippen LogP) is 1.79. The van der Waals surface area contributed by atoms with E-state index < -0.39 is 0 Å². The average molecular weight is 393 g/mol. The summed E-state index contributed by atoms with van der Waals surface area (Å²) in [6, 6.07) is 5.59. The Morgan fingerprint density at radius 3 is 3.00 bits per heavy atom. The summed E-state index contributed by atoms with van der Waals surface area (Å²) in [6.07, 6.45) is 2.01. The molecule has 0 bridgehead atoms. The average Bonchev–Trinajstić information content (AvgIpc) is 3.39. The van der Waals surface area contributed by atoms with E-state index in [0.29, 0.717) is 19.1 Å². The number of ether oxygens (including phenoxy) is 5. The molecule has 2 aliphatic rings. The molecule has 0 aromatic heterocycles. The molecule has 1 aromatic carbocycles. The second-order valence-corrected chi connectivity index (χ2v) is 6.71. The van der Waals surface area contributed by atoms with Crippen LogP contribution in [0.4, 0.5) is 0 Å². The van der Waals surface area contributed by atoms with Gasteiger partial charge in [-0.3, -0.25) is 4.99 Å². The lowest BCUT2D eigenvalue weighted by molar-refractivity contribution is 0.0893. The van der Waals surface area contributed by atoms with E-state index in [1.54, 1.807) is 0 Å². The van der Waals surface area contributed by atoms with E-state index in [-0.39, 0.29) is 6.79 Å². The Morgan fingerprint density at radius 1 is 1.21 bits per heavy atom. The monoisotopic (exact) mass is 393 g/mol. The topological polar surface area (TPSA) is 82.6 Å². The lowest BCUT2D eigenvalue weighted by Gasteiger charge is -2.12. The van der Waals surface area contributed by atoms with Gasteiger partial charge >= 0.3 is 0 Å². The minimum absolute atomic E-state index is 0.267. The van der Waals surface area contributed by atoms with Crippen molar-refractivity contribution in [2.75, 3.05) is 59.5 Å². The Balaban J connectivity index is 1.28. The molecular formula is C20H31N3O5. The van der Waals surface area contributed by atoms with Crippen LogP contribution in [-0.2, 0) is 9.47 Å². The summed E-state index contributed by atoms with van der Waals surface area (Å²) in [6.45, 7) is 8.25. The third-order valence-corrected chi connectivity index (χ3v) is 4.45. The standard InChI is InChI=1S/C20H31N3O5/c1-2-21-20(22-7-3-9-24-13-16-6-10-25-14-16)23-8-11-26-17-4-5-18-19(12-17)28-15-27-18/h4-5,12,16H,2-3,6-11,13-15H2,1H3,(H2,21,22,23). The van der Waals surface area contributed by atoms with Gasteiger partial charge in [0.1, 0.15) is 12.4 Å². The first-order chi connectivity index (χ1) is 13.8. The number of hydrogen-bond acceptors (Lipinski definition) is 6. The van der Waals surface area contributed by atoms with Crippen LogP contribution in [0.15, 0.2) is 23.2 Å². The van der Waals surface area contributed by atoms with Crippen molar-refractivity contribution >= 4 is 5.96 Å². The Hall–Kier alpha value is -2.19. The lowest BCUT2D eigenvalue weighted by Crippen LogP contribution is -2.39. The molecule has 0 amide bonds. The fourth-order valence-corrected chi connectivity index (χ4v) is 2.97. The second kappa shape index (κ2) is 11.6.